The van der Waals surface area contributed by atoms with Crippen LogP contribution in [0.1, 0.15) is 32.3 Å². The number of nitrogens with one attached hydrogen (secondary N) is 1. The van der Waals surface area contributed by atoms with E-state index >= 15 is 0 Å². The third-order valence-electron chi connectivity index (χ3n) is 3.12. The Kier molecular flexibility index (Phi) is 6.50. The van der Waals surface area contributed by atoms with E-state index in [1.54, 1.807) is 14.2 Å². The normalized spacial score (nSPS) is 10.8. The minimum atomic E-state index is 0.551. The Hall–Kier alpha value is -0.740. The SMILES string of the molecule is CCC(CC)NCc1cc(Br)c(OC)cc1OC. The summed E-state index contributed by atoms with van der Waals surface area (Å²) in [6, 6.07) is 4.51. The summed E-state index contributed by atoms with van der Waals surface area (Å²) in [5.41, 5.74) is 1.14. The molecule has 3 nitrogen and oxygen atoms in total. The Balaban J connectivity index is 2.84. The molecule has 0 aliphatic heterocycles. The van der Waals surface area contributed by atoms with Gasteiger partial charge in [-0.2, -0.15) is 0 Å². The van der Waals surface area contributed by atoms with E-state index in [4.69, 9.17) is 9.47 Å². The van der Waals surface area contributed by atoms with Gasteiger partial charge in [-0.3, -0.25) is 0 Å². The van der Waals surface area contributed by atoms with Crippen molar-refractivity contribution >= 4 is 15.9 Å². The standard InChI is InChI=1S/C14H22BrNO2/c1-5-11(6-2)16-9-10-7-12(15)14(18-4)8-13(10)17-3/h7-8,11,16H,5-6,9H2,1-4H3. The minimum absolute atomic E-state index is 0.551. The van der Waals surface area contributed by atoms with Gasteiger partial charge in [0.15, 0.2) is 0 Å². The largest absolute Gasteiger partial charge is 0.496 e. The highest BCUT2D eigenvalue weighted by Crippen LogP contribution is 2.32. The van der Waals surface area contributed by atoms with Crippen molar-refractivity contribution in [2.24, 2.45) is 0 Å². The van der Waals surface area contributed by atoms with Crippen LogP contribution in [0, 0.1) is 0 Å². The van der Waals surface area contributed by atoms with Crippen LogP contribution in [0.15, 0.2) is 16.6 Å². The lowest BCUT2D eigenvalue weighted by atomic mass is 10.1. The second-order valence-electron chi connectivity index (χ2n) is 4.19. The number of halogens is 1. The smallest absolute Gasteiger partial charge is 0.136 e. The predicted molar refractivity (Wildman–Crippen MR) is 78.5 cm³/mol. The second kappa shape index (κ2) is 7.64. The quantitative estimate of drug-likeness (QED) is 0.831. The maximum atomic E-state index is 5.40. The van der Waals surface area contributed by atoms with Gasteiger partial charge in [0.2, 0.25) is 0 Å². The van der Waals surface area contributed by atoms with Crippen molar-refractivity contribution in [3.63, 3.8) is 0 Å². The van der Waals surface area contributed by atoms with Crippen molar-refractivity contribution in [3.05, 3.63) is 22.2 Å². The van der Waals surface area contributed by atoms with Crippen LogP contribution >= 0.6 is 15.9 Å². The van der Waals surface area contributed by atoms with E-state index < -0.39 is 0 Å². The van der Waals surface area contributed by atoms with Crippen LogP contribution in [0.2, 0.25) is 0 Å². The molecule has 0 spiro atoms. The number of ether oxygens (including phenoxy) is 2. The summed E-state index contributed by atoms with van der Waals surface area (Å²) in [5, 5.41) is 3.53. The summed E-state index contributed by atoms with van der Waals surface area (Å²) >= 11 is 3.50. The molecule has 0 radical (unpaired) electrons. The molecule has 0 saturated carbocycles. The van der Waals surface area contributed by atoms with Crippen molar-refractivity contribution in [2.45, 2.75) is 39.3 Å². The maximum absolute atomic E-state index is 5.40. The lowest BCUT2D eigenvalue weighted by Gasteiger charge is -2.17. The van der Waals surface area contributed by atoms with E-state index in [1.165, 1.54) is 0 Å². The van der Waals surface area contributed by atoms with Crippen molar-refractivity contribution < 1.29 is 9.47 Å². The second-order valence-corrected chi connectivity index (χ2v) is 5.05. The van der Waals surface area contributed by atoms with Gasteiger partial charge in [-0.25, -0.2) is 0 Å². The van der Waals surface area contributed by atoms with Gasteiger partial charge < -0.3 is 14.8 Å². The average Bonchev–Trinajstić information content (AvgIpc) is 2.40. The zero-order chi connectivity index (χ0) is 13.5. The molecule has 1 rings (SSSR count). The topological polar surface area (TPSA) is 30.5 Å². The van der Waals surface area contributed by atoms with Gasteiger partial charge >= 0.3 is 0 Å². The molecule has 0 aliphatic carbocycles. The molecule has 0 aromatic heterocycles. The zero-order valence-corrected chi connectivity index (χ0v) is 13.1. The molecule has 0 fully saturated rings. The molecule has 0 saturated heterocycles. The first kappa shape index (κ1) is 15.3. The highest BCUT2D eigenvalue weighted by molar-refractivity contribution is 9.10. The Labute approximate surface area is 118 Å². The van der Waals surface area contributed by atoms with E-state index in [2.05, 4.69) is 35.1 Å². The van der Waals surface area contributed by atoms with Gasteiger partial charge in [0.1, 0.15) is 11.5 Å². The fraction of sp³-hybridized carbons (Fsp3) is 0.571. The molecule has 0 unspecified atom stereocenters. The number of benzene rings is 1. The van der Waals surface area contributed by atoms with Gasteiger partial charge in [0, 0.05) is 24.2 Å². The predicted octanol–water partition coefficient (Wildman–Crippen LogP) is 3.74. The van der Waals surface area contributed by atoms with Gasteiger partial charge in [-0.15, -0.1) is 0 Å². The molecular weight excluding hydrogens is 294 g/mol. The third kappa shape index (κ3) is 3.89. The molecule has 1 N–H and O–H groups in total. The van der Waals surface area contributed by atoms with Gasteiger partial charge in [0.05, 0.1) is 18.7 Å². The lowest BCUT2D eigenvalue weighted by molar-refractivity contribution is 0.386. The van der Waals surface area contributed by atoms with Crippen LogP contribution in [0.5, 0.6) is 11.5 Å². The Morgan fingerprint density at radius 2 is 1.72 bits per heavy atom. The molecular formula is C14H22BrNO2. The first-order chi connectivity index (χ1) is 8.65. The first-order valence-corrected chi connectivity index (χ1v) is 7.09. The maximum Gasteiger partial charge on any atom is 0.136 e. The van der Waals surface area contributed by atoms with E-state index in [0.717, 1.165) is 40.9 Å². The van der Waals surface area contributed by atoms with E-state index in [-0.39, 0.29) is 0 Å². The first-order valence-electron chi connectivity index (χ1n) is 6.29. The Morgan fingerprint density at radius 3 is 2.22 bits per heavy atom. The van der Waals surface area contributed by atoms with Crippen LogP contribution in [-0.2, 0) is 6.54 Å². The van der Waals surface area contributed by atoms with Crippen LogP contribution in [0.4, 0.5) is 0 Å². The summed E-state index contributed by atoms with van der Waals surface area (Å²) in [7, 11) is 3.34. The van der Waals surface area contributed by atoms with E-state index in [0.29, 0.717) is 6.04 Å². The fourth-order valence-corrected chi connectivity index (χ4v) is 2.44. The fourth-order valence-electron chi connectivity index (χ4n) is 1.89. The minimum Gasteiger partial charge on any atom is -0.496 e. The molecule has 1 aromatic carbocycles. The number of hydrogen-bond acceptors (Lipinski definition) is 3. The van der Waals surface area contributed by atoms with Crippen LogP contribution in [0.25, 0.3) is 0 Å². The van der Waals surface area contributed by atoms with Gasteiger partial charge in [-0.1, -0.05) is 13.8 Å². The summed E-state index contributed by atoms with van der Waals surface area (Å²) in [4.78, 5) is 0. The Bertz CT molecular complexity index is 378. The Morgan fingerprint density at radius 1 is 1.11 bits per heavy atom. The van der Waals surface area contributed by atoms with Crippen LogP contribution in [-0.4, -0.2) is 20.3 Å². The molecule has 102 valence electrons. The van der Waals surface area contributed by atoms with Gasteiger partial charge in [-0.05, 0) is 34.8 Å². The molecule has 18 heavy (non-hydrogen) atoms. The molecule has 0 bridgehead atoms. The van der Waals surface area contributed by atoms with Gasteiger partial charge in [0.25, 0.3) is 0 Å². The highest BCUT2D eigenvalue weighted by atomic mass is 79.9. The van der Waals surface area contributed by atoms with Crippen molar-refractivity contribution in [1.82, 2.24) is 5.32 Å². The van der Waals surface area contributed by atoms with Crippen molar-refractivity contribution in [3.8, 4) is 11.5 Å². The van der Waals surface area contributed by atoms with Crippen LogP contribution in [0.3, 0.4) is 0 Å². The number of rotatable bonds is 7. The molecule has 4 heteroatoms. The third-order valence-corrected chi connectivity index (χ3v) is 3.74. The highest BCUT2D eigenvalue weighted by Gasteiger charge is 2.10. The number of hydrogen-bond donors (Lipinski definition) is 1. The van der Waals surface area contributed by atoms with Crippen LogP contribution < -0.4 is 14.8 Å². The lowest BCUT2D eigenvalue weighted by Crippen LogP contribution is -2.27. The molecule has 1 aromatic rings. The summed E-state index contributed by atoms with van der Waals surface area (Å²) in [5.74, 6) is 1.65. The molecule has 0 amide bonds. The van der Waals surface area contributed by atoms with Crippen molar-refractivity contribution in [1.29, 1.82) is 0 Å². The zero-order valence-electron chi connectivity index (χ0n) is 11.5. The molecule has 0 atom stereocenters. The van der Waals surface area contributed by atoms with Crippen molar-refractivity contribution in [2.75, 3.05) is 14.2 Å². The molecule has 0 aliphatic rings. The summed E-state index contributed by atoms with van der Waals surface area (Å²) in [6.45, 7) is 5.20. The number of methoxy groups -OCH3 is 2. The monoisotopic (exact) mass is 315 g/mol. The summed E-state index contributed by atoms with van der Waals surface area (Å²) in [6.07, 6.45) is 2.27. The summed E-state index contributed by atoms with van der Waals surface area (Å²) < 4.78 is 11.6. The van der Waals surface area contributed by atoms with E-state index in [9.17, 15) is 0 Å². The van der Waals surface area contributed by atoms with E-state index in [1.807, 2.05) is 12.1 Å². The average molecular weight is 316 g/mol. The molecule has 0 heterocycles.